The van der Waals surface area contributed by atoms with Crippen molar-refractivity contribution in [3.05, 3.63) is 34.9 Å². The zero-order valence-electron chi connectivity index (χ0n) is 11.3. The predicted molar refractivity (Wildman–Crippen MR) is 71.3 cm³/mol. The third-order valence-electron chi connectivity index (χ3n) is 4.08. The molecule has 2 heteroatoms. The minimum absolute atomic E-state index is 0.478. The zero-order chi connectivity index (χ0) is 12.6. The molecule has 0 aliphatic carbocycles. The van der Waals surface area contributed by atoms with Crippen LogP contribution in [0.25, 0.3) is 0 Å². The lowest BCUT2D eigenvalue weighted by Crippen LogP contribution is -2.34. The van der Waals surface area contributed by atoms with Crippen LogP contribution in [0.15, 0.2) is 18.2 Å². The van der Waals surface area contributed by atoms with Crippen LogP contribution in [0.4, 0.5) is 0 Å². The van der Waals surface area contributed by atoms with Crippen molar-refractivity contribution in [2.24, 2.45) is 0 Å². The lowest BCUT2D eigenvalue weighted by atomic mass is 9.91. The lowest BCUT2D eigenvalue weighted by molar-refractivity contribution is 0.0520. The van der Waals surface area contributed by atoms with Gasteiger partial charge in [0.2, 0.25) is 0 Å². The van der Waals surface area contributed by atoms with Gasteiger partial charge in [-0.05, 0) is 50.9 Å². The van der Waals surface area contributed by atoms with E-state index in [1.807, 2.05) is 0 Å². The van der Waals surface area contributed by atoms with E-state index in [9.17, 15) is 5.11 Å². The normalized spacial score (nSPS) is 29.8. The number of hydrogen-bond donors (Lipinski definition) is 1. The molecule has 1 N–H and O–H groups in total. The highest BCUT2D eigenvalue weighted by molar-refractivity contribution is 5.31. The molecule has 2 unspecified atom stereocenters. The molecule has 1 aromatic rings. The molecule has 0 spiro atoms. The van der Waals surface area contributed by atoms with Crippen LogP contribution in [-0.2, 0) is 6.42 Å². The van der Waals surface area contributed by atoms with Crippen LogP contribution in [0.2, 0.25) is 0 Å². The number of β-amino-alcohol motifs (C(OH)–C–C–N with tert-alkyl or cyclic N) is 1. The van der Waals surface area contributed by atoms with E-state index in [4.69, 9.17) is 0 Å². The van der Waals surface area contributed by atoms with Gasteiger partial charge in [0, 0.05) is 19.0 Å². The topological polar surface area (TPSA) is 23.5 Å². The number of benzene rings is 1. The van der Waals surface area contributed by atoms with Crippen molar-refractivity contribution < 1.29 is 5.11 Å². The van der Waals surface area contributed by atoms with Gasteiger partial charge in [-0.15, -0.1) is 0 Å². The van der Waals surface area contributed by atoms with Gasteiger partial charge < -0.3 is 10.0 Å². The average Bonchev–Trinajstić information content (AvgIpc) is 2.47. The van der Waals surface area contributed by atoms with Crippen LogP contribution in [0.3, 0.4) is 0 Å². The summed E-state index contributed by atoms with van der Waals surface area (Å²) in [6, 6.07) is 6.97. The summed E-state index contributed by atoms with van der Waals surface area (Å²) in [6.07, 6.45) is 1.64. The molecule has 1 aromatic carbocycles. The minimum atomic E-state index is -0.546. The van der Waals surface area contributed by atoms with Crippen LogP contribution in [0, 0.1) is 13.8 Å². The van der Waals surface area contributed by atoms with Crippen molar-refractivity contribution in [3.8, 4) is 0 Å². The summed E-state index contributed by atoms with van der Waals surface area (Å²) in [7, 11) is 2.09. The summed E-state index contributed by atoms with van der Waals surface area (Å²) in [5.41, 5.74) is 3.33. The number of hydrogen-bond acceptors (Lipinski definition) is 2. The van der Waals surface area contributed by atoms with Gasteiger partial charge in [0.05, 0.1) is 5.60 Å². The Morgan fingerprint density at radius 3 is 2.59 bits per heavy atom. The van der Waals surface area contributed by atoms with Crippen molar-refractivity contribution in [2.75, 3.05) is 13.6 Å². The van der Waals surface area contributed by atoms with Crippen LogP contribution < -0.4 is 0 Å². The third-order valence-corrected chi connectivity index (χ3v) is 4.08. The Hall–Kier alpha value is -0.860. The van der Waals surface area contributed by atoms with E-state index in [1.165, 1.54) is 16.7 Å². The Labute approximate surface area is 104 Å². The Kier molecular flexibility index (Phi) is 3.28. The number of likely N-dealkylation sites (tertiary alicyclic amines) is 1. The molecule has 1 aliphatic rings. The van der Waals surface area contributed by atoms with Crippen LogP contribution in [0.5, 0.6) is 0 Å². The smallest absolute Gasteiger partial charge is 0.0828 e. The lowest BCUT2D eigenvalue weighted by Gasteiger charge is -2.22. The molecular formula is C15H23NO. The number of nitrogens with zero attached hydrogens (tertiary/aromatic N) is 1. The second kappa shape index (κ2) is 4.43. The largest absolute Gasteiger partial charge is 0.388 e. The van der Waals surface area contributed by atoms with Gasteiger partial charge in [0.15, 0.2) is 0 Å². The number of aryl methyl sites for hydroxylation is 2. The van der Waals surface area contributed by atoms with Crippen molar-refractivity contribution in [3.63, 3.8) is 0 Å². The Morgan fingerprint density at radius 1 is 1.35 bits per heavy atom. The van der Waals surface area contributed by atoms with Crippen LogP contribution in [0.1, 0.15) is 30.0 Å². The zero-order valence-corrected chi connectivity index (χ0v) is 11.3. The summed E-state index contributed by atoms with van der Waals surface area (Å²) in [5, 5.41) is 10.6. The molecule has 0 aromatic heterocycles. The molecule has 0 amide bonds. The fourth-order valence-corrected chi connectivity index (χ4v) is 2.81. The van der Waals surface area contributed by atoms with E-state index in [1.54, 1.807) is 0 Å². The van der Waals surface area contributed by atoms with Crippen molar-refractivity contribution in [2.45, 2.75) is 45.3 Å². The molecule has 1 heterocycles. The van der Waals surface area contributed by atoms with Crippen LogP contribution in [-0.4, -0.2) is 35.2 Å². The summed E-state index contributed by atoms with van der Waals surface area (Å²) < 4.78 is 0. The van der Waals surface area contributed by atoms with E-state index >= 15 is 0 Å². The fraction of sp³-hybridized carbons (Fsp3) is 0.600. The van der Waals surface area contributed by atoms with Gasteiger partial charge in [0.1, 0.15) is 0 Å². The number of likely N-dealkylation sites (N-methyl/N-ethyl adjacent to an activating group) is 1. The maximum Gasteiger partial charge on any atom is 0.0828 e. The van der Waals surface area contributed by atoms with Crippen molar-refractivity contribution >= 4 is 0 Å². The van der Waals surface area contributed by atoms with Gasteiger partial charge in [-0.25, -0.2) is 0 Å². The molecule has 0 saturated carbocycles. The molecule has 1 fully saturated rings. The Balaban J connectivity index is 2.13. The highest BCUT2D eigenvalue weighted by Gasteiger charge is 2.38. The van der Waals surface area contributed by atoms with Gasteiger partial charge in [-0.1, -0.05) is 18.2 Å². The maximum absolute atomic E-state index is 10.6. The first-order valence-corrected chi connectivity index (χ1v) is 6.38. The Morgan fingerprint density at radius 2 is 2.06 bits per heavy atom. The quantitative estimate of drug-likeness (QED) is 0.847. The minimum Gasteiger partial charge on any atom is -0.388 e. The molecule has 94 valence electrons. The summed E-state index contributed by atoms with van der Waals surface area (Å²) in [4.78, 5) is 2.24. The van der Waals surface area contributed by atoms with Gasteiger partial charge in [0.25, 0.3) is 0 Å². The van der Waals surface area contributed by atoms with Crippen LogP contribution >= 0.6 is 0 Å². The van der Waals surface area contributed by atoms with E-state index in [0.29, 0.717) is 6.04 Å². The maximum atomic E-state index is 10.6. The highest BCUT2D eigenvalue weighted by atomic mass is 16.3. The molecule has 1 aliphatic heterocycles. The van der Waals surface area contributed by atoms with Crippen molar-refractivity contribution in [1.29, 1.82) is 0 Å². The van der Waals surface area contributed by atoms with E-state index < -0.39 is 5.60 Å². The second-order valence-electron chi connectivity index (χ2n) is 5.79. The monoisotopic (exact) mass is 233 g/mol. The summed E-state index contributed by atoms with van der Waals surface area (Å²) >= 11 is 0. The summed E-state index contributed by atoms with van der Waals surface area (Å²) in [5.74, 6) is 0. The SMILES string of the molecule is Cc1ccc(CC2(O)CC(C)N(C)C2)cc1C. The predicted octanol–water partition coefficient (Wildman–Crippen LogP) is 2.30. The number of rotatable bonds is 2. The first-order valence-electron chi connectivity index (χ1n) is 6.38. The van der Waals surface area contributed by atoms with Crippen molar-refractivity contribution in [1.82, 2.24) is 4.90 Å². The van der Waals surface area contributed by atoms with E-state index in [0.717, 1.165) is 19.4 Å². The first-order chi connectivity index (χ1) is 7.89. The standard InChI is InChI=1S/C15H23NO/c1-11-5-6-14(7-12(11)2)9-15(17)8-13(3)16(4)10-15/h5-7,13,17H,8-10H2,1-4H3. The summed E-state index contributed by atoms with van der Waals surface area (Å²) in [6.45, 7) is 7.21. The molecular weight excluding hydrogens is 210 g/mol. The second-order valence-corrected chi connectivity index (χ2v) is 5.79. The van der Waals surface area contributed by atoms with Gasteiger partial charge in [-0.3, -0.25) is 0 Å². The first kappa shape index (κ1) is 12.6. The molecule has 2 nitrogen and oxygen atoms in total. The average molecular weight is 233 g/mol. The molecule has 1 saturated heterocycles. The molecule has 17 heavy (non-hydrogen) atoms. The molecule has 0 radical (unpaired) electrons. The molecule has 0 bridgehead atoms. The molecule has 2 atom stereocenters. The molecule has 2 rings (SSSR count). The highest BCUT2D eigenvalue weighted by Crippen LogP contribution is 2.29. The third kappa shape index (κ3) is 2.70. The fourth-order valence-electron chi connectivity index (χ4n) is 2.81. The van der Waals surface area contributed by atoms with E-state index in [2.05, 4.69) is 50.9 Å². The van der Waals surface area contributed by atoms with Gasteiger partial charge >= 0.3 is 0 Å². The number of aliphatic hydroxyl groups is 1. The van der Waals surface area contributed by atoms with Gasteiger partial charge in [-0.2, -0.15) is 0 Å². The van der Waals surface area contributed by atoms with E-state index in [-0.39, 0.29) is 0 Å². The Bertz CT molecular complexity index is 403.